The Bertz CT molecular complexity index is 243. The number of thioether (sulfide) groups is 1. The molecule has 0 unspecified atom stereocenters. The van der Waals surface area contributed by atoms with Gasteiger partial charge in [0.1, 0.15) is 0 Å². The first-order chi connectivity index (χ1) is 7.59. The van der Waals surface area contributed by atoms with Crippen LogP contribution >= 0.6 is 11.8 Å². The molecule has 1 saturated heterocycles. The molecule has 1 aliphatic heterocycles. The molecule has 1 rings (SSSR count). The molecule has 1 N–H and O–H groups in total. The van der Waals surface area contributed by atoms with Crippen molar-refractivity contribution >= 4 is 17.7 Å². The average molecular weight is 245 g/mol. The van der Waals surface area contributed by atoms with Crippen LogP contribution in [0.2, 0.25) is 0 Å². The Labute approximate surface area is 103 Å². The molecular formula is C11H23N3OS. The van der Waals surface area contributed by atoms with E-state index in [9.17, 15) is 0 Å². The topological polar surface area (TPSA) is 36.9 Å². The Balaban J connectivity index is 2.46. The van der Waals surface area contributed by atoms with Crippen LogP contribution in [-0.4, -0.2) is 61.8 Å². The molecule has 0 aliphatic carbocycles. The number of nitrogens with zero attached hydrogens (tertiary/aromatic N) is 2. The van der Waals surface area contributed by atoms with Gasteiger partial charge in [-0.2, -0.15) is 11.8 Å². The van der Waals surface area contributed by atoms with E-state index in [1.54, 1.807) is 7.11 Å². The van der Waals surface area contributed by atoms with Crippen molar-refractivity contribution in [2.45, 2.75) is 18.6 Å². The van der Waals surface area contributed by atoms with Gasteiger partial charge in [0, 0.05) is 44.3 Å². The van der Waals surface area contributed by atoms with Crippen molar-refractivity contribution in [3.8, 4) is 0 Å². The molecule has 0 bridgehead atoms. The largest absolute Gasteiger partial charge is 0.383 e. The standard InChI is InChI=1S/C11H23N3OS/c1-11(2)9-14(6-8-16-11)10(12-3)13-5-7-15-4/h5-9H2,1-4H3,(H,12,13). The van der Waals surface area contributed by atoms with E-state index in [-0.39, 0.29) is 0 Å². The van der Waals surface area contributed by atoms with Crippen molar-refractivity contribution in [1.82, 2.24) is 10.2 Å². The summed E-state index contributed by atoms with van der Waals surface area (Å²) in [6.07, 6.45) is 0. The van der Waals surface area contributed by atoms with Crippen LogP contribution in [0.4, 0.5) is 0 Å². The maximum Gasteiger partial charge on any atom is 0.193 e. The van der Waals surface area contributed by atoms with Crippen LogP contribution in [0.15, 0.2) is 4.99 Å². The first-order valence-electron chi connectivity index (χ1n) is 5.67. The molecule has 0 saturated carbocycles. The van der Waals surface area contributed by atoms with Crippen molar-refractivity contribution in [2.75, 3.05) is 46.2 Å². The zero-order valence-corrected chi connectivity index (χ0v) is 11.6. The summed E-state index contributed by atoms with van der Waals surface area (Å²) in [5.41, 5.74) is 0. The molecule has 0 aromatic carbocycles. The third kappa shape index (κ3) is 4.22. The highest BCUT2D eigenvalue weighted by atomic mass is 32.2. The molecule has 0 aromatic heterocycles. The summed E-state index contributed by atoms with van der Waals surface area (Å²) in [4.78, 5) is 6.64. The number of guanidine groups is 1. The van der Waals surface area contributed by atoms with Crippen molar-refractivity contribution in [2.24, 2.45) is 4.99 Å². The van der Waals surface area contributed by atoms with Crippen LogP contribution in [0.5, 0.6) is 0 Å². The number of aliphatic imine (C=N–C) groups is 1. The summed E-state index contributed by atoms with van der Waals surface area (Å²) in [7, 11) is 3.55. The summed E-state index contributed by atoms with van der Waals surface area (Å²) in [6.45, 7) is 8.21. The number of ether oxygens (including phenoxy) is 1. The second-order valence-electron chi connectivity index (χ2n) is 4.50. The quantitative estimate of drug-likeness (QED) is 0.458. The summed E-state index contributed by atoms with van der Waals surface area (Å²) in [5.74, 6) is 2.16. The van der Waals surface area contributed by atoms with Crippen molar-refractivity contribution in [1.29, 1.82) is 0 Å². The molecule has 5 heteroatoms. The monoisotopic (exact) mass is 245 g/mol. The van der Waals surface area contributed by atoms with Gasteiger partial charge < -0.3 is 15.0 Å². The van der Waals surface area contributed by atoms with Crippen LogP contribution in [0, 0.1) is 0 Å². The molecule has 0 spiro atoms. The Morgan fingerprint density at radius 2 is 2.31 bits per heavy atom. The lowest BCUT2D eigenvalue weighted by atomic mass is 10.2. The van der Waals surface area contributed by atoms with Gasteiger partial charge in [-0.3, -0.25) is 4.99 Å². The second kappa shape index (κ2) is 6.35. The molecule has 0 aromatic rings. The lowest BCUT2D eigenvalue weighted by Gasteiger charge is -2.39. The van der Waals surface area contributed by atoms with E-state index >= 15 is 0 Å². The van der Waals surface area contributed by atoms with E-state index in [1.165, 1.54) is 0 Å². The predicted octanol–water partition coefficient (Wildman–Crippen LogP) is 1.04. The molecule has 0 radical (unpaired) electrons. The SMILES string of the molecule is CN=C(NCCOC)N1CCSC(C)(C)C1. The first-order valence-corrected chi connectivity index (χ1v) is 6.66. The van der Waals surface area contributed by atoms with Crippen molar-refractivity contribution in [3.63, 3.8) is 0 Å². The van der Waals surface area contributed by atoms with Gasteiger partial charge in [-0.25, -0.2) is 0 Å². The molecule has 16 heavy (non-hydrogen) atoms. The van der Waals surface area contributed by atoms with E-state index in [4.69, 9.17) is 4.74 Å². The zero-order chi connectivity index (χ0) is 12.0. The van der Waals surface area contributed by atoms with Crippen LogP contribution in [0.1, 0.15) is 13.8 Å². The minimum absolute atomic E-state index is 0.317. The Hall–Kier alpha value is -0.420. The number of hydrogen-bond acceptors (Lipinski definition) is 3. The van der Waals surface area contributed by atoms with Gasteiger partial charge in [0.2, 0.25) is 0 Å². The minimum Gasteiger partial charge on any atom is -0.383 e. The third-order valence-corrected chi connectivity index (χ3v) is 3.82. The Kier molecular flexibility index (Phi) is 5.41. The molecule has 1 fully saturated rings. The fourth-order valence-electron chi connectivity index (χ4n) is 1.79. The summed E-state index contributed by atoms with van der Waals surface area (Å²) in [5, 5.41) is 3.32. The van der Waals surface area contributed by atoms with Crippen molar-refractivity contribution < 1.29 is 4.74 Å². The summed E-state index contributed by atoms with van der Waals surface area (Å²) >= 11 is 2.03. The van der Waals surface area contributed by atoms with Crippen LogP contribution in [0.25, 0.3) is 0 Å². The predicted molar refractivity (Wildman–Crippen MR) is 71.3 cm³/mol. The number of hydrogen-bond donors (Lipinski definition) is 1. The first kappa shape index (κ1) is 13.6. The normalized spacial score (nSPS) is 21.0. The van der Waals surface area contributed by atoms with E-state index in [2.05, 4.69) is 29.1 Å². The Morgan fingerprint density at radius 3 is 2.88 bits per heavy atom. The Morgan fingerprint density at radius 1 is 1.56 bits per heavy atom. The maximum absolute atomic E-state index is 5.02. The minimum atomic E-state index is 0.317. The van der Waals surface area contributed by atoms with E-state index in [0.29, 0.717) is 11.4 Å². The fourth-order valence-corrected chi connectivity index (χ4v) is 2.91. The van der Waals surface area contributed by atoms with Gasteiger partial charge in [-0.15, -0.1) is 0 Å². The number of methoxy groups -OCH3 is 1. The lowest BCUT2D eigenvalue weighted by Crippen LogP contribution is -2.51. The van der Waals surface area contributed by atoms with Gasteiger partial charge in [0.05, 0.1) is 6.61 Å². The van der Waals surface area contributed by atoms with E-state index in [0.717, 1.165) is 31.3 Å². The van der Waals surface area contributed by atoms with Gasteiger partial charge in [-0.1, -0.05) is 0 Å². The smallest absolute Gasteiger partial charge is 0.193 e. The van der Waals surface area contributed by atoms with Crippen LogP contribution in [-0.2, 0) is 4.74 Å². The van der Waals surface area contributed by atoms with Gasteiger partial charge in [-0.05, 0) is 13.8 Å². The fraction of sp³-hybridized carbons (Fsp3) is 0.909. The highest BCUT2D eigenvalue weighted by Crippen LogP contribution is 2.29. The molecule has 94 valence electrons. The van der Waals surface area contributed by atoms with E-state index < -0.39 is 0 Å². The summed E-state index contributed by atoms with van der Waals surface area (Å²) in [6, 6.07) is 0. The van der Waals surface area contributed by atoms with Gasteiger partial charge >= 0.3 is 0 Å². The highest BCUT2D eigenvalue weighted by molar-refractivity contribution is 8.00. The lowest BCUT2D eigenvalue weighted by molar-refractivity contribution is 0.202. The maximum atomic E-state index is 5.02. The molecule has 1 aliphatic rings. The number of rotatable bonds is 3. The molecule has 0 amide bonds. The highest BCUT2D eigenvalue weighted by Gasteiger charge is 2.28. The van der Waals surface area contributed by atoms with Crippen LogP contribution < -0.4 is 5.32 Å². The van der Waals surface area contributed by atoms with Gasteiger partial charge in [0.15, 0.2) is 5.96 Å². The van der Waals surface area contributed by atoms with E-state index in [1.807, 2.05) is 18.8 Å². The molecule has 0 atom stereocenters. The van der Waals surface area contributed by atoms with Crippen molar-refractivity contribution in [3.05, 3.63) is 0 Å². The average Bonchev–Trinajstić information content (AvgIpc) is 2.23. The van der Waals surface area contributed by atoms with Gasteiger partial charge in [0.25, 0.3) is 0 Å². The molecule has 4 nitrogen and oxygen atoms in total. The summed E-state index contributed by atoms with van der Waals surface area (Å²) < 4.78 is 5.34. The molecular weight excluding hydrogens is 222 g/mol. The zero-order valence-electron chi connectivity index (χ0n) is 10.7. The number of nitrogens with one attached hydrogen (secondary N) is 1. The van der Waals surface area contributed by atoms with Crippen LogP contribution in [0.3, 0.4) is 0 Å². The molecule has 1 heterocycles. The third-order valence-electron chi connectivity index (χ3n) is 2.53. The second-order valence-corrected chi connectivity index (χ2v) is 6.30.